The number of carbonyl (C=O) groups is 1. The second-order valence-corrected chi connectivity index (χ2v) is 5.92. The summed E-state index contributed by atoms with van der Waals surface area (Å²) in [5, 5.41) is 16.3. The van der Waals surface area contributed by atoms with Crippen LogP contribution in [0.4, 0.5) is 13.2 Å². The molecule has 0 aliphatic carbocycles. The van der Waals surface area contributed by atoms with Crippen LogP contribution in [0.2, 0.25) is 0 Å². The Morgan fingerprint density at radius 2 is 1.74 bits per heavy atom. The second kappa shape index (κ2) is 7.63. The Morgan fingerprint density at radius 1 is 1.11 bits per heavy atom. The summed E-state index contributed by atoms with van der Waals surface area (Å²) in [4.78, 5) is 12.4. The van der Waals surface area contributed by atoms with Crippen molar-refractivity contribution in [2.45, 2.75) is 19.6 Å². The first-order chi connectivity index (χ1) is 12.8. The lowest BCUT2D eigenvalue weighted by molar-refractivity contribution is 0.0905. The van der Waals surface area contributed by atoms with Gasteiger partial charge in [0.1, 0.15) is 23.1 Å². The summed E-state index contributed by atoms with van der Waals surface area (Å²) in [5.74, 6) is -2.91. The van der Waals surface area contributed by atoms with Crippen molar-refractivity contribution < 1.29 is 27.6 Å². The Kier molecular flexibility index (Phi) is 5.27. The number of aromatic nitrogens is 1. The summed E-state index contributed by atoms with van der Waals surface area (Å²) >= 11 is 0. The van der Waals surface area contributed by atoms with Gasteiger partial charge in [0, 0.05) is 18.2 Å². The van der Waals surface area contributed by atoms with Crippen LogP contribution in [0.3, 0.4) is 0 Å². The molecule has 2 aromatic carbocycles. The zero-order valence-corrected chi connectivity index (χ0v) is 14.2. The summed E-state index contributed by atoms with van der Waals surface area (Å²) in [6.45, 7) is 1.28. The van der Waals surface area contributed by atoms with Crippen molar-refractivity contribution in [2.75, 3.05) is 0 Å². The number of nitrogens with zero attached hydrogens (tertiary/aromatic N) is 1. The van der Waals surface area contributed by atoms with Crippen LogP contribution >= 0.6 is 0 Å². The van der Waals surface area contributed by atoms with E-state index < -0.39 is 29.5 Å². The van der Waals surface area contributed by atoms with Crippen LogP contribution in [0.5, 0.6) is 0 Å². The van der Waals surface area contributed by atoms with E-state index in [0.29, 0.717) is 5.56 Å². The van der Waals surface area contributed by atoms with Gasteiger partial charge in [-0.15, -0.1) is 0 Å². The highest BCUT2D eigenvalue weighted by Gasteiger charge is 2.26. The van der Waals surface area contributed by atoms with Crippen LogP contribution < -0.4 is 5.32 Å². The van der Waals surface area contributed by atoms with E-state index in [1.165, 1.54) is 31.2 Å². The topological polar surface area (TPSA) is 75.4 Å². The van der Waals surface area contributed by atoms with Gasteiger partial charge in [-0.25, -0.2) is 13.2 Å². The molecule has 3 rings (SSSR count). The number of aliphatic hydroxyl groups is 1. The predicted octanol–water partition coefficient (Wildman–Crippen LogP) is 3.74. The third kappa shape index (κ3) is 4.17. The molecule has 1 aromatic heterocycles. The molecule has 0 saturated carbocycles. The van der Waals surface area contributed by atoms with Crippen molar-refractivity contribution in [1.82, 2.24) is 10.5 Å². The molecule has 8 heteroatoms. The molecule has 1 amide bonds. The molecular weight excluding hydrogens is 361 g/mol. The molecule has 0 bridgehead atoms. The Hall–Kier alpha value is -3.13. The maximum atomic E-state index is 13.2. The fraction of sp³-hybridized carbons (Fsp3) is 0.158. The SMILES string of the molecule is CC(O)c1c(-c2ccc(F)cc2)noc1C(=O)NCc1cc(F)cc(F)c1. The van der Waals surface area contributed by atoms with E-state index in [1.807, 2.05) is 0 Å². The first-order valence-corrected chi connectivity index (χ1v) is 8.02. The first kappa shape index (κ1) is 18.7. The Morgan fingerprint density at radius 3 is 2.33 bits per heavy atom. The standard InChI is InChI=1S/C19H15F3N2O3/c1-10(25)16-17(12-2-4-13(20)5-3-12)24-27-18(16)19(26)23-9-11-6-14(21)8-15(22)7-11/h2-8,10,25H,9H2,1H3,(H,23,26). The van der Waals surface area contributed by atoms with Gasteiger partial charge in [0.05, 0.1) is 11.7 Å². The third-order valence-corrected chi connectivity index (χ3v) is 3.85. The highest BCUT2D eigenvalue weighted by Crippen LogP contribution is 2.30. The van der Waals surface area contributed by atoms with Crippen molar-refractivity contribution >= 4 is 5.91 Å². The van der Waals surface area contributed by atoms with E-state index >= 15 is 0 Å². The summed E-state index contributed by atoms with van der Waals surface area (Å²) in [6, 6.07) is 8.21. The number of halogens is 3. The zero-order chi connectivity index (χ0) is 19.6. The molecule has 0 fully saturated rings. The molecule has 140 valence electrons. The Bertz CT molecular complexity index is 949. The minimum absolute atomic E-state index is 0.129. The fourth-order valence-electron chi connectivity index (χ4n) is 2.64. The first-order valence-electron chi connectivity index (χ1n) is 8.02. The van der Waals surface area contributed by atoms with Crippen molar-refractivity contribution in [3.8, 4) is 11.3 Å². The van der Waals surface area contributed by atoms with Crippen LogP contribution in [0.1, 0.15) is 34.7 Å². The summed E-state index contributed by atoms with van der Waals surface area (Å²) in [5.41, 5.74) is 1.01. The summed E-state index contributed by atoms with van der Waals surface area (Å²) < 4.78 is 44.6. The highest BCUT2D eigenvalue weighted by molar-refractivity contribution is 5.94. The van der Waals surface area contributed by atoms with Crippen molar-refractivity contribution in [3.63, 3.8) is 0 Å². The van der Waals surface area contributed by atoms with Crippen LogP contribution in [0.25, 0.3) is 11.3 Å². The minimum Gasteiger partial charge on any atom is -0.388 e. The van der Waals surface area contributed by atoms with Gasteiger partial charge in [0.25, 0.3) is 5.91 Å². The van der Waals surface area contributed by atoms with E-state index in [9.17, 15) is 23.1 Å². The van der Waals surface area contributed by atoms with E-state index in [1.54, 1.807) is 0 Å². The molecule has 3 aromatic rings. The largest absolute Gasteiger partial charge is 0.388 e. The molecule has 5 nitrogen and oxygen atoms in total. The lowest BCUT2D eigenvalue weighted by Crippen LogP contribution is -2.24. The lowest BCUT2D eigenvalue weighted by atomic mass is 10.0. The van der Waals surface area contributed by atoms with Crippen molar-refractivity contribution in [1.29, 1.82) is 0 Å². The number of carbonyl (C=O) groups excluding carboxylic acids is 1. The lowest BCUT2D eigenvalue weighted by Gasteiger charge is -2.08. The van der Waals surface area contributed by atoms with Crippen molar-refractivity contribution in [3.05, 3.63) is 76.8 Å². The number of hydrogen-bond acceptors (Lipinski definition) is 4. The molecule has 1 unspecified atom stereocenters. The number of rotatable bonds is 5. The van der Waals surface area contributed by atoms with E-state index in [4.69, 9.17) is 4.52 Å². The van der Waals surface area contributed by atoms with Crippen LogP contribution in [0.15, 0.2) is 47.0 Å². The molecule has 0 spiro atoms. The third-order valence-electron chi connectivity index (χ3n) is 3.85. The average Bonchev–Trinajstić information content (AvgIpc) is 3.05. The van der Waals surface area contributed by atoms with Crippen LogP contribution in [-0.2, 0) is 6.54 Å². The van der Waals surface area contributed by atoms with Gasteiger partial charge in [-0.3, -0.25) is 4.79 Å². The van der Waals surface area contributed by atoms with Gasteiger partial charge < -0.3 is 14.9 Å². The molecule has 0 saturated heterocycles. The fourth-order valence-corrected chi connectivity index (χ4v) is 2.64. The average molecular weight is 376 g/mol. The summed E-state index contributed by atoms with van der Waals surface area (Å²) in [6.07, 6.45) is -1.09. The van der Waals surface area contributed by atoms with Crippen LogP contribution in [0, 0.1) is 17.5 Å². The van der Waals surface area contributed by atoms with Gasteiger partial charge in [0.15, 0.2) is 0 Å². The maximum absolute atomic E-state index is 13.2. The predicted molar refractivity (Wildman–Crippen MR) is 90.1 cm³/mol. The van der Waals surface area contributed by atoms with E-state index in [-0.39, 0.29) is 29.1 Å². The minimum atomic E-state index is -1.09. The molecule has 0 aliphatic rings. The number of nitrogens with one attached hydrogen (secondary N) is 1. The molecule has 2 N–H and O–H groups in total. The monoisotopic (exact) mass is 376 g/mol. The Balaban J connectivity index is 1.85. The number of hydrogen-bond donors (Lipinski definition) is 2. The second-order valence-electron chi connectivity index (χ2n) is 5.92. The van der Waals surface area contributed by atoms with Crippen molar-refractivity contribution in [2.24, 2.45) is 0 Å². The van der Waals surface area contributed by atoms with Gasteiger partial charge in [-0.1, -0.05) is 5.16 Å². The normalized spacial score (nSPS) is 12.0. The van der Waals surface area contributed by atoms with Gasteiger partial charge >= 0.3 is 0 Å². The zero-order valence-electron chi connectivity index (χ0n) is 14.2. The highest BCUT2D eigenvalue weighted by atomic mass is 19.1. The molecule has 1 heterocycles. The summed E-state index contributed by atoms with van der Waals surface area (Å²) in [7, 11) is 0. The smallest absolute Gasteiger partial charge is 0.290 e. The maximum Gasteiger partial charge on any atom is 0.290 e. The van der Waals surface area contributed by atoms with Gasteiger partial charge in [0.2, 0.25) is 5.76 Å². The molecular formula is C19H15F3N2O3. The Labute approximate surface area is 152 Å². The number of benzene rings is 2. The molecule has 0 radical (unpaired) electrons. The molecule has 0 aliphatic heterocycles. The number of amides is 1. The number of aliphatic hydroxyl groups excluding tert-OH is 1. The van der Waals surface area contributed by atoms with Gasteiger partial charge in [-0.05, 0) is 48.9 Å². The molecule has 27 heavy (non-hydrogen) atoms. The van der Waals surface area contributed by atoms with Gasteiger partial charge in [-0.2, -0.15) is 0 Å². The van der Waals surface area contributed by atoms with E-state index in [2.05, 4.69) is 10.5 Å². The van der Waals surface area contributed by atoms with Crippen LogP contribution in [-0.4, -0.2) is 16.2 Å². The molecule has 1 atom stereocenters. The van der Waals surface area contributed by atoms with E-state index in [0.717, 1.165) is 18.2 Å². The quantitative estimate of drug-likeness (QED) is 0.711.